The van der Waals surface area contributed by atoms with Gasteiger partial charge in [-0.05, 0) is 11.3 Å². The van der Waals surface area contributed by atoms with Crippen LogP contribution >= 0.6 is 0 Å². The minimum Gasteiger partial charge on any atom is -0.382 e. The summed E-state index contributed by atoms with van der Waals surface area (Å²) in [5.41, 5.74) is 9.10. The summed E-state index contributed by atoms with van der Waals surface area (Å²) in [4.78, 5) is 5.16. The zero-order valence-electron chi connectivity index (χ0n) is 6.10. The van der Waals surface area contributed by atoms with Crippen LogP contribution in [0.1, 0.15) is 0 Å². The molecule has 5 N–H and O–H groups in total. The lowest BCUT2D eigenvalue weighted by atomic mass is 10.4. The normalized spacial score (nSPS) is 10.4. The second-order valence-corrected chi connectivity index (χ2v) is 2.19. The maximum Gasteiger partial charge on any atom is 0.157 e. The van der Waals surface area contributed by atoms with Crippen LogP contribution in [0.4, 0.5) is 5.82 Å². The van der Waals surface area contributed by atoms with Gasteiger partial charge in [-0.1, -0.05) is 0 Å². The van der Waals surface area contributed by atoms with Crippen LogP contribution in [0.25, 0.3) is 11.0 Å². The Hall–Kier alpha value is -1.89. The lowest BCUT2D eigenvalue weighted by molar-refractivity contribution is 0.727. The van der Waals surface area contributed by atoms with Gasteiger partial charge in [0, 0.05) is 6.20 Å². The fourth-order valence-corrected chi connectivity index (χ4v) is 0.966. The predicted molar refractivity (Wildman–Crippen MR) is 43.3 cm³/mol. The summed E-state index contributed by atoms with van der Waals surface area (Å²) in [7, 11) is 0. The number of hydrazine groups is 1. The lowest BCUT2D eigenvalue weighted by Gasteiger charge is -1.97. The first-order valence-corrected chi connectivity index (χ1v) is 3.25. The summed E-state index contributed by atoms with van der Waals surface area (Å²) >= 11 is 0. The average molecular weight is 165 g/mol. The van der Waals surface area contributed by atoms with Crippen LogP contribution in [0.5, 0.6) is 0 Å². The number of nitrogen functional groups attached to an aromatic ring is 2. The van der Waals surface area contributed by atoms with Crippen LogP contribution in [0.2, 0.25) is 0 Å². The van der Waals surface area contributed by atoms with Crippen LogP contribution in [0.3, 0.4) is 0 Å². The highest BCUT2D eigenvalue weighted by Crippen LogP contribution is 2.12. The van der Waals surface area contributed by atoms with Crippen LogP contribution < -0.4 is 17.1 Å². The Bertz CT molecular complexity index is 405. The summed E-state index contributed by atoms with van der Waals surface area (Å²) in [5.74, 6) is 5.50. The standard InChI is InChI=1S/C5H7N7/c6-5-4-3(1-2-8-5)12(10-7)11-9-4/h1-2,10H,7H2,(H2,6,8). The first kappa shape index (κ1) is 6.80. The molecule has 0 aliphatic heterocycles. The maximum atomic E-state index is 5.53. The fraction of sp³-hybridized carbons (Fsp3) is 0. The SMILES string of the molecule is NNn1nnc2c(N)nccc21. The topological polar surface area (TPSA) is 108 Å². The Morgan fingerprint density at radius 1 is 1.50 bits per heavy atom. The maximum absolute atomic E-state index is 5.53. The third kappa shape index (κ3) is 0.768. The van der Waals surface area contributed by atoms with Crippen LogP contribution in [-0.4, -0.2) is 20.1 Å². The minimum atomic E-state index is 0.342. The highest BCUT2D eigenvalue weighted by Gasteiger charge is 2.05. The molecule has 2 aromatic heterocycles. The molecule has 7 nitrogen and oxygen atoms in total. The molecule has 0 saturated heterocycles. The molecule has 2 aromatic rings. The zero-order chi connectivity index (χ0) is 8.55. The third-order valence-electron chi connectivity index (χ3n) is 1.52. The number of nitrogens with zero attached hydrogens (tertiary/aromatic N) is 4. The summed E-state index contributed by atoms with van der Waals surface area (Å²) in [6.45, 7) is 0. The van der Waals surface area contributed by atoms with Crippen molar-refractivity contribution < 1.29 is 0 Å². The molecule has 7 heteroatoms. The Morgan fingerprint density at radius 2 is 2.33 bits per heavy atom. The van der Waals surface area contributed by atoms with Gasteiger partial charge >= 0.3 is 0 Å². The predicted octanol–water partition coefficient (Wildman–Crippen LogP) is -1.17. The van der Waals surface area contributed by atoms with E-state index < -0.39 is 0 Å². The van der Waals surface area contributed by atoms with Gasteiger partial charge in [0.05, 0.1) is 0 Å². The number of pyridine rings is 1. The molecule has 12 heavy (non-hydrogen) atoms. The number of anilines is 1. The second-order valence-electron chi connectivity index (χ2n) is 2.19. The van der Waals surface area contributed by atoms with Crippen molar-refractivity contribution in [2.45, 2.75) is 0 Å². The van der Waals surface area contributed by atoms with E-state index in [2.05, 4.69) is 20.8 Å². The first-order chi connectivity index (χ1) is 5.83. The number of fused-ring (bicyclic) bond motifs is 1. The molecule has 0 aliphatic rings. The molecule has 0 radical (unpaired) electrons. The summed E-state index contributed by atoms with van der Waals surface area (Å²) in [6, 6.07) is 1.71. The molecule has 2 heterocycles. The van der Waals surface area contributed by atoms with Gasteiger partial charge in [0.1, 0.15) is 5.52 Å². The molecule has 0 unspecified atom stereocenters. The fourth-order valence-electron chi connectivity index (χ4n) is 0.966. The highest BCUT2D eigenvalue weighted by atomic mass is 15.7. The van der Waals surface area contributed by atoms with Gasteiger partial charge in [-0.15, -0.1) is 9.89 Å². The van der Waals surface area contributed by atoms with E-state index in [4.69, 9.17) is 11.6 Å². The average Bonchev–Trinajstić information content (AvgIpc) is 2.49. The molecular weight excluding hydrogens is 158 g/mol. The van der Waals surface area contributed by atoms with E-state index in [9.17, 15) is 0 Å². The van der Waals surface area contributed by atoms with Crippen molar-refractivity contribution >= 4 is 16.9 Å². The summed E-state index contributed by atoms with van der Waals surface area (Å²) < 4.78 is 0. The number of hydrogen-bond donors (Lipinski definition) is 3. The minimum absolute atomic E-state index is 0.342. The van der Waals surface area contributed by atoms with Crippen molar-refractivity contribution in [3.63, 3.8) is 0 Å². The number of rotatable bonds is 1. The van der Waals surface area contributed by atoms with Crippen molar-refractivity contribution in [1.29, 1.82) is 0 Å². The van der Waals surface area contributed by atoms with E-state index >= 15 is 0 Å². The van der Waals surface area contributed by atoms with E-state index in [1.54, 1.807) is 12.3 Å². The molecule has 0 bridgehead atoms. The molecule has 0 spiro atoms. The quantitative estimate of drug-likeness (QED) is 0.363. The van der Waals surface area contributed by atoms with Gasteiger partial charge in [-0.2, -0.15) is 0 Å². The van der Waals surface area contributed by atoms with Gasteiger partial charge < -0.3 is 5.73 Å². The molecule has 0 aromatic carbocycles. The van der Waals surface area contributed by atoms with Crippen molar-refractivity contribution in [1.82, 2.24) is 20.1 Å². The molecule has 62 valence electrons. The number of aromatic nitrogens is 4. The summed E-state index contributed by atoms with van der Waals surface area (Å²) in [5, 5.41) is 7.46. The second kappa shape index (κ2) is 2.31. The molecule has 2 rings (SSSR count). The molecule has 0 saturated carbocycles. The Labute approximate surface area is 67.3 Å². The molecule has 0 amide bonds. The van der Waals surface area contributed by atoms with Gasteiger partial charge in [0.25, 0.3) is 0 Å². The van der Waals surface area contributed by atoms with Crippen LogP contribution in [0, 0.1) is 0 Å². The Balaban J connectivity index is 2.80. The van der Waals surface area contributed by atoms with E-state index in [1.807, 2.05) is 0 Å². The summed E-state index contributed by atoms with van der Waals surface area (Å²) in [6.07, 6.45) is 1.56. The van der Waals surface area contributed by atoms with Gasteiger partial charge in [0.15, 0.2) is 11.3 Å². The van der Waals surface area contributed by atoms with Crippen molar-refractivity contribution in [2.75, 3.05) is 11.3 Å². The van der Waals surface area contributed by atoms with E-state index in [0.717, 1.165) is 0 Å². The Kier molecular flexibility index (Phi) is 1.31. The van der Waals surface area contributed by atoms with Crippen molar-refractivity contribution in [2.24, 2.45) is 5.84 Å². The monoisotopic (exact) mass is 165 g/mol. The molecular formula is C5H7N7. The highest BCUT2D eigenvalue weighted by molar-refractivity contribution is 5.83. The zero-order valence-corrected chi connectivity index (χ0v) is 6.10. The third-order valence-corrected chi connectivity index (χ3v) is 1.52. The largest absolute Gasteiger partial charge is 0.382 e. The molecule has 0 atom stereocenters. The molecule has 0 aliphatic carbocycles. The van der Waals surface area contributed by atoms with Crippen LogP contribution in [0.15, 0.2) is 12.3 Å². The first-order valence-electron chi connectivity index (χ1n) is 3.25. The van der Waals surface area contributed by atoms with Crippen molar-refractivity contribution in [3.05, 3.63) is 12.3 Å². The smallest absolute Gasteiger partial charge is 0.157 e. The van der Waals surface area contributed by atoms with Gasteiger partial charge in [-0.25, -0.2) is 16.4 Å². The van der Waals surface area contributed by atoms with E-state index in [0.29, 0.717) is 16.9 Å². The molecule has 0 fully saturated rings. The number of hydrogen-bond acceptors (Lipinski definition) is 6. The van der Waals surface area contributed by atoms with E-state index in [-0.39, 0.29) is 0 Å². The number of nitrogens with one attached hydrogen (secondary N) is 1. The van der Waals surface area contributed by atoms with Gasteiger partial charge in [0.2, 0.25) is 0 Å². The Morgan fingerprint density at radius 3 is 3.08 bits per heavy atom. The van der Waals surface area contributed by atoms with E-state index in [1.165, 1.54) is 4.79 Å². The van der Waals surface area contributed by atoms with Crippen molar-refractivity contribution in [3.8, 4) is 0 Å². The van der Waals surface area contributed by atoms with Gasteiger partial charge in [-0.3, -0.25) is 0 Å². The van der Waals surface area contributed by atoms with Crippen LogP contribution in [-0.2, 0) is 0 Å². The number of nitrogens with two attached hydrogens (primary N) is 2. The lowest BCUT2D eigenvalue weighted by Crippen LogP contribution is -2.22.